The lowest BCUT2D eigenvalue weighted by atomic mass is 10.2. The molecule has 0 bridgehead atoms. The Hall–Kier alpha value is -1.84. The largest absolute Gasteiger partial charge is 0.438 e. The van der Waals surface area contributed by atoms with Gasteiger partial charge in [0.1, 0.15) is 5.75 Å². The number of aromatic nitrogens is 2. The zero-order valence-electron chi connectivity index (χ0n) is 10.6. The first kappa shape index (κ1) is 13.2. The van der Waals surface area contributed by atoms with E-state index in [0.29, 0.717) is 16.7 Å². The van der Waals surface area contributed by atoms with Crippen molar-refractivity contribution in [3.05, 3.63) is 58.3 Å². The van der Waals surface area contributed by atoms with E-state index in [1.54, 1.807) is 12.1 Å². The molecule has 0 aliphatic rings. The van der Waals surface area contributed by atoms with Gasteiger partial charge in [0, 0.05) is 5.02 Å². The molecular formula is C15H10Cl2N2O. The minimum atomic E-state index is 0.157. The average molecular weight is 305 g/mol. The summed E-state index contributed by atoms with van der Waals surface area (Å²) in [5, 5.41) is 1.66. The monoisotopic (exact) mass is 304 g/mol. The molecule has 1 heterocycles. The molecule has 0 fully saturated rings. The van der Waals surface area contributed by atoms with Crippen molar-refractivity contribution in [1.82, 2.24) is 9.97 Å². The van der Waals surface area contributed by atoms with E-state index in [9.17, 15) is 0 Å². The number of ether oxygens (including phenoxy) is 1. The van der Waals surface area contributed by atoms with Crippen molar-refractivity contribution in [2.45, 2.75) is 6.92 Å². The van der Waals surface area contributed by atoms with E-state index < -0.39 is 0 Å². The highest BCUT2D eigenvalue weighted by Crippen LogP contribution is 2.30. The second-order valence-corrected chi connectivity index (χ2v) is 5.07. The van der Waals surface area contributed by atoms with Crippen LogP contribution in [0.3, 0.4) is 0 Å². The second-order valence-electron chi connectivity index (χ2n) is 4.33. The molecule has 3 rings (SSSR count). The Labute approximate surface area is 126 Å². The average Bonchev–Trinajstić information content (AvgIpc) is 2.43. The van der Waals surface area contributed by atoms with Gasteiger partial charge in [-0.25, -0.2) is 4.98 Å². The predicted octanol–water partition coefficient (Wildman–Crippen LogP) is 5.04. The summed E-state index contributed by atoms with van der Waals surface area (Å²) in [6, 6.07) is 13.0. The number of benzene rings is 2. The Bertz CT molecular complexity index is 790. The maximum atomic E-state index is 6.00. The molecule has 100 valence electrons. The van der Waals surface area contributed by atoms with Gasteiger partial charge in [0.05, 0.1) is 10.9 Å². The van der Waals surface area contributed by atoms with Crippen molar-refractivity contribution in [1.29, 1.82) is 0 Å². The summed E-state index contributed by atoms with van der Waals surface area (Å²) in [5.41, 5.74) is 1.68. The van der Waals surface area contributed by atoms with Crippen LogP contribution < -0.4 is 4.74 Å². The van der Waals surface area contributed by atoms with Gasteiger partial charge in [0.25, 0.3) is 0 Å². The van der Waals surface area contributed by atoms with Crippen LogP contribution in [0.1, 0.15) is 5.56 Å². The molecule has 0 aliphatic carbocycles. The fourth-order valence-corrected chi connectivity index (χ4v) is 2.18. The van der Waals surface area contributed by atoms with E-state index in [1.165, 1.54) is 0 Å². The maximum Gasteiger partial charge on any atom is 0.231 e. The van der Waals surface area contributed by atoms with Crippen LogP contribution in [0.4, 0.5) is 0 Å². The Morgan fingerprint density at radius 2 is 1.80 bits per heavy atom. The van der Waals surface area contributed by atoms with E-state index in [2.05, 4.69) is 9.97 Å². The summed E-state index contributed by atoms with van der Waals surface area (Å²) in [4.78, 5) is 8.31. The molecule has 0 spiro atoms. The van der Waals surface area contributed by atoms with Gasteiger partial charge >= 0.3 is 0 Å². The summed E-state index contributed by atoms with van der Waals surface area (Å²) < 4.78 is 5.81. The summed E-state index contributed by atoms with van der Waals surface area (Å²) in [6.45, 7) is 1.92. The van der Waals surface area contributed by atoms with E-state index in [4.69, 9.17) is 27.9 Å². The Morgan fingerprint density at radius 1 is 1.00 bits per heavy atom. The Kier molecular flexibility index (Phi) is 3.47. The molecule has 20 heavy (non-hydrogen) atoms. The topological polar surface area (TPSA) is 35.0 Å². The molecule has 3 aromatic rings. The third kappa shape index (κ3) is 2.55. The standard InChI is InChI=1S/C15H10Cl2N2O/c1-9-8-10(6-7-12(9)16)20-14-11-4-2-3-5-13(11)18-15(17)19-14/h2-8H,1H3. The molecule has 3 nitrogen and oxygen atoms in total. The third-order valence-corrected chi connectivity index (χ3v) is 3.48. The molecule has 0 saturated heterocycles. The van der Waals surface area contributed by atoms with Crippen LogP contribution in [0, 0.1) is 6.92 Å². The molecule has 5 heteroatoms. The highest BCUT2D eigenvalue weighted by atomic mass is 35.5. The van der Waals surface area contributed by atoms with Crippen molar-refractivity contribution in [3.8, 4) is 11.6 Å². The van der Waals surface area contributed by atoms with Gasteiger partial charge in [-0.2, -0.15) is 4.98 Å². The number of hydrogen-bond acceptors (Lipinski definition) is 3. The molecule has 0 aliphatic heterocycles. The second kappa shape index (κ2) is 5.27. The fourth-order valence-electron chi connectivity index (χ4n) is 1.89. The first-order chi connectivity index (χ1) is 9.63. The van der Waals surface area contributed by atoms with Gasteiger partial charge < -0.3 is 4.74 Å². The summed E-state index contributed by atoms with van der Waals surface area (Å²) >= 11 is 11.9. The SMILES string of the molecule is Cc1cc(Oc2nc(Cl)nc3ccccc23)ccc1Cl. The van der Waals surface area contributed by atoms with E-state index in [1.807, 2.05) is 37.3 Å². The number of hydrogen-bond donors (Lipinski definition) is 0. The van der Waals surface area contributed by atoms with Gasteiger partial charge in [-0.3, -0.25) is 0 Å². The highest BCUT2D eigenvalue weighted by Gasteiger charge is 2.09. The summed E-state index contributed by atoms with van der Waals surface area (Å²) in [6.07, 6.45) is 0. The van der Waals surface area contributed by atoms with Crippen LogP contribution in [-0.2, 0) is 0 Å². The van der Waals surface area contributed by atoms with Crippen molar-refractivity contribution in [2.24, 2.45) is 0 Å². The molecule has 0 N–H and O–H groups in total. The van der Waals surface area contributed by atoms with Crippen LogP contribution in [-0.4, -0.2) is 9.97 Å². The van der Waals surface area contributed by atoms with Crippen molar-refractivity contribution in [3.63, 3.8) is 0 Å². The Morgan fingerprint density at radius 3 is 2.60 bits per heavy atom. The molecule has 0 saturated carbocycles. The number of nitrogens with zero attached hydrogens (tertiary/aromatic N) is 2. The highest BCUT2D eigenvalue weighted by molar-refractivity contribution is 6.31. The van der Waals surface area contributed by atoms with Crippen LogP contribution in [0.2, 0.25) is 10.3 Å². The quantitative estimate of drug-likeness (QED) is 0.622. The Balaban J connectivity index is 2.07. The lowest BCUT2D eigenvalue weighted by Crippen LogP contribution is -1.93. The van der Waals surface area contributed by atoms with Gasteiger partial charge in [0.2, 0.25) is 11.2 Å². The van der Waals surface area contributed by atoms with E-state index >= 15 is 0 Å². The third-order valence-electron chi connectivity index (χ3n) is 2.88. The zero-order valence-corrected chi connectivity index (χ0v) is 12.1. The van der Waals surface area contributed by atoms with Crippen molar-refractivity contribution >= 4 is 34.1 Å². The molecular weight excluding hydrogens is 295 g/mol. The van der Waals surface area contributed by atoms with Gasteiger partial charge in [-0.15, -0.1) is 0 Å². The minimum Gasteiger partial charge on any atom is -0.438 e. The lowest BCUT2D eigenvalue weighted by Gasteiger charge is -2.09. The van der Waals surface area contributed by atoms with Gasteiger partial charge in [-0.1, -0.05) is 23.7 Å². The van der Waals surface area contributed by atoms with Crippen molar-refractivity contribution < 1.29 is 4.74 Å². The number of fused-ring (bicyclic) bond motifs is 1. The number of para-hydroxylation sites is 1. The van der Waals surface area contributed by atoms with Crippen LogP contribution in [0.15, 0.2) is 42.5 Å². The molecule has 0 amide bonds. The molecule has 1 aromatic heterocycles. The normalized spacial score (nSPS) is 10.8. The minimum absolute atomic E-state index is 0.157. The molecule has 2 aromatic carbocycles. The van der Waals surface area contributed by atoms with Crippen LogP contribution in [0.5, 0.6) is 11.6 Å². The van der Waals surface area contributed by atoms with Crippen molar-refractivity contribution in [2.75, 3.05) is 0 Å². The van der Waals surface area contributed by atoms with Gasteiger partial charge in [-0.05, 0) is 54.4 Å². The smallest absolute Gasteiger partial charge is 0.231 e. The maximum absolute atomic E-state index is 6.00. The summed E-state index contributed by atoms with van der Waals surface area (Å²) in [5.74, 6) is 1.09. The van der Waals surface area contributed by atoms with E-state index in [0.717, 1.165) is 16.5 Å². The molecule has 0 radical (unpaired) electrons. The van der Waals surface area contributed by atoms with Crippen LogP contribution >= 0.6 is 23.2 Å². The van der Waals surface area contributed by atoms with E-state index in [-0.39, 0.29) is 5.28 Å². The first-order valence-corrected chi connectivity index (χ1v) is 6.75. The zero-order chi connectivity index (χ0) is 14.1. The molecule has 0 atom stereocenters. The first-order valence-electron chi connectivity index (χ1n) is 6.00. The van der Waals surface area contributed by atoms with Crippen LogP contribution in [0.25, 0.3) is 10.9 Å². The fraction of sp³-hybridized carbons (Fsp3) is 0.0667. The van der Waals surface area contributed by atoms with Gasteiger partial charge in [0.15, 0.2) is 0 Å². The molecule has 0 unspecified atom stereocenters. The number of halogens is 2. The number of rotatable bonds is 2. The number of aryl methyl sites for hydroxylation is 1. The predicted molar refractivity (Wildman–Crippen MR) is 80.8 cm³/mol. The lowest BCUT2D eigenvalue weighted by molar-refractivity contribution is 0.468. The summed E-state index contributed by atoms with van der Waals surface area (Å²) in [7, 11) is 0.